The van der Waals surface area contributed by atoms with E-state index in [-0.39, 0.29) is 17.9 Å². The molecular formula is C20H22N2O2. The first kappa shape index (κ1) is 16.2. The summed E-state index contributed by atoms with van der Waals surface area (Å²) in [5, 5.41) is 5.90. The molecule has 0 spiro atoms. The second-order valence-corrected chi connectivity index (χ2v) is 6.36. The quantitative estimate of drug-likeness (QED) is 0.896. The molecule has 24 heavy (non-hydrogen) atoms. The van der Waals surface area contributed by atoms with Crippen molar-refractivity contribution in [1.82, 2.24) is 5.32 Å². The molecule has 1 aliphatic rings. The number of hydrogen-bond acceptors (Lipinski definition) is 2. The molecule has 0 bridgehead atoms. The van der Waals surface area contributed by atoms with Gasteiger partial charge in [0.1, 0.15) is 0 Å². The molecule has 2 aromatic rings. The van der Waals surface area contributed by atoms with Gasteiger partial charge in [0.25, 0.3) is 11.8 Å². The van der Waals surface area contributed by atoms with Gasteiger partial charge in [-0.1, -0.05) is 36.6 Å². The molecule has 0 unspecified atom stereocenters. The van der Waals surface area contributed by atoms with Crippen LogP contribution in [0.4, 0.5) is 5.69 Å². The summed E-state index contributed by atoms with van der Waals surface area (Å²) < 4.78 is 0. The van der Waals surface area contributed by atoms with E-state index in [9.17, 15) is 9.59 Å². The van der Waals surface area contributed by atoms with Gasteiger partial charge in [0.2, 0.25) is 0 Å². The second kappa shape index (κ2) is 7.30. The Labute approximate surface area is 142 Å². The minimum absolute atomic E-state index is 0.105. The lowest BCUT2D eigenvalue weighted by molar-refractivity contribution is 0.0938. The largest absolute Gasteiger partial charge is 0.349 e. The molecule has 1 aliphatic carbocycles. The number of carbonyl (C=O) groups excluding carboxylic acids is 2. The van der Waals surface area contributed by atoms with Crippen LogP contribution in [0.3, 0.4) is 0 Å². The van der Waals surface area contributed by atoms with Gasteiger partial charge in [0.05, 0.1) is 0 Å². The van der Waals surface area contributed by atoms with Crippen LogP contribution in [0.5, 0.6) is 0 Å². The summed E-state index contributed by atoms with van der Waals surface area (Å²) in [7, 11) is 0. The highest BCUT2D eigenvalue weighted by Crippen LogP contribution is 2.18. The molecule has 2 N–H and O–H groups in total. The van der Waals surface area contributed by atoms with E-state index in [0.29, 0.717) is 11.1 Å². The molecule has 4 nitrogen and oxygen atoms in total. The Balaban J connectivity index is 1.68. The van der Waals surface area contributed by atoms with E-state index in [1.54, 1.807) is 24.3 Å². The summed E-state index contributed by atoms with van der Waals surface area (Å²) in [6.07, 6.45) is 4.42. The topological polar surface area (TPSA) is 58.2 Å². The number of hydrogen-bond donors (Lipinski definition) is 2. The van der Waals surface area contributed by atoms with E-state index in [1.165, 1.54) is 12.8 Å². The number of anilines is 1. The van der Waals surface area contributed by atoms with Crippen LogP contribution in [0.2, 0.25) is 0 Å². The third-order valence-corrected chi connectivity index (χ3v) is 4.39. The van der Waals surface area contributed by atoms with E-state index in [1.807, 2.05) is 31.2 Å². The average molecular weight is 322 g/mol. The average Bonchev–Trinajstić information content (AvgIpc) is 3.10. The lowest BCUT2D eigenvalue weighted by Crippen LogP contribution is -2.32. The van der Waals surface area contributed by atoms with Crippen LogP contribution in [0.25, 0.3) is 0 Å². The Morgan fingerprint density at radius 3 is 2.21 bits per heavy atom. The first-order valence-corrected chi connectivity index (χ1v) is 8.41. The lowest BCUT2D eigenvalue weighted by Gasteiger charge is -2.12. The fraction of sp³-hybridized carbons (Fsp3) is 0.300. The maximum Gasteiger partial charge on any atom is 0.255 e. The minimum atomic E-state index is -0.214. The summed E-state index contributed by atoms with van der Waals surface area (Å²) in [6.45, 7) is 2.00. The molecule has 1 saturated carbocycles. The van der Waals surface area contributed by atoms with Crippen molar-refractivity contribution in [1.29, 1.82) is 0 Å². The van der Waals surface area contributed by atoms with Crippen molar-refractivity contribution >= 4 is 17.5 Å². The van der Waals surface area contributed by atoms with Gasteiger partial charge in [-0.05, 0) is 50.1 Å². The number of benzene rings is 2. The zero-order chi connectivity index (χ0) is 16.9. The number of rotatable bonds is 4. The number of carbonyl (C=O) groups is 2. The van der Waals surface area contributed by atoms with E-state index >= 15 is 0 Å². The van der Waals surface area contributed by atoms with E-state index in [4.69, 9.17) is 0 Å². The van der Waals surface area contributed by atoms with Crippen LogP contribution >= 0.6 is 0 Å². The molecule has 0 aromatic heterocycles. The molecule has 0 atom stereocenters. The Bertz CT molecular complexity index is 732. The SMILES string of the molecule is Cc1ccc(NC(=O)c2cccc(C(=O)NC3CCCC3)c2)cc1. The van der Waals surface area contributed by atoms with Crippen molar-refractivity contribution < 1.29 is 9.59 Å². The van der Waals surface area contributed by atoms with Crippen LogP contribution in [-0.2, 0) is 0 Å². The Morgan fingerprint density at radius 1 is 0.917 bits per heavy atom. The molecule has 0 radical (unpaired) electrons. The van der Waals surface area contributed by atoms with Gasteiger partial charge in [-0.15, -0.1) is 0 Å². The highest BCUT2D eigenvalue weighted by Gasteiger charge is 2.18. The molecule has 4 heteroatoms. The van der Waals surface area contributed by atoms with Crippen molar-refractivity contribution in [2.24, 2.45) is 0 Å². The zero-order valence-corrected chi connectivity index (χ0v) is 13.8. The van der Waals surface area contributed by atoms with Crippen LogP contribution < -0.4 is 10.6 Å². The maximum atomic E-state index is 12.4. The van der Waals surface area contributed by atoms with Gasteiger partial charge >= 0.3 is 0 Å². The molecule has 2 amide bonds. The molecular weight excluding hydrogens is 300 g/mol. The van der Waals surface area contributed by atoms with Gasteiger partial charge in [0, 0.05) is 22.9 Å². The molecule has 1 fully saturated rings. The predicted molar refractivity (Wildman–Crippen MR) is 95.3 cm³/mol. The Morgan fingerprint density at radius 2 is 1.54 bits per heavy atom. The number of amides is 2. The number of nitrogens with one attached hydrogen (secondary N) is 2. The predicted octanol–water partition coefficient (Wildman–Crippen LogP) is 3.92. The molecule has 2 aromatic carbocycles. The van der Waals surface area contributed by atoms with Crippen molar-refractivity contribution in [3.05, 3.63) is 65.2 Å². The van der Waals surface area contributed by atoms with Crippen LogP contribution in [0.15, 0.2) is 48.5 Å². The van der Waals surface area contributed by atoms with Gasteiger partial charge in [-0.25, -0.2) is 0 Å². The highest BCUT2D eigenvalue weighted by atomic mass is 16.2. The van der Waals surface area contributed by atoms with Crippen molar-refractivity contribution in [3.63, 3.8) is 0 Å². The fourth-order valence-corrected chi connectivity index (χ4v) is 2.98. The van der Waals surface area contributed by atoms with Crippen LogP contribution in [-0.4, -0.2) is 17.9 Å². The van der Waals surface area contributed by atoms with E-state index in [0.717, 1.165) is 24.1 Å². The van der Waals surface area contributed by atoms with Crippen molar-refractivity contribution in [2.75, 3.05) is 5.32 Å². The summed E-state index contributed by atoms with van der Waals surface area (Å²) in [5.41, 5.74) is 2.89. The molecule has 0 heterocycles. The third-order valence-electron chi connectivity index (χ3n) is 4.39. The molecule has 124 valence electrons. The normalized spacial score (nSPS) is 14.4. The Hall–Kier alpha value is -2.62. The summed E-state index contributed by atoms with van der Waals surface area (Å²) in [5.74, 6) is -0.318. The van der Waals surface area contributed by atoms with Gasteiger partial charge in [0.15, 0.2) is 0 Å². The monoisotopic (exact) mass is 322 g/mol. The van der Waals surface area contributed by atoms with Crippen molar-refractivity contribution in [2.45, 2.75) is 38.6 Å². The van der Waals surface area contributed by atoms with Crippen LogP contribution in [0.1, 0.15) is 52.0 Å². The number of aryl methyl sites for hydroxylation is 1. The van der Waals surface area contributed by atoms with E-state index < -0.39 is 0 Å². The zero-order valence-electron chi connectivity index (χ0n) is 13.8. The van der Waals surface area contributed by atoms with Gasteiger partial charge in [-0.3, -0.25) is 9.59 Å². The summed E-state index contributed by atoms with van der Waals surface area (Å²) in [6, 6.07) is 14.7. The first-order valence-electron chi connectivity index (χ1n) is 8.41. The molecule has 3 rings (SSSR count). The highest BCUT2D eigenvalue weighted by molar-refractivity contribution is 6.06. The van der Waals surface area contributed by atoms with Gasteiger partial charge < -0.3 is 10.6 Å². The fourth-order valence-electron chi connectivity index (χ4n) is 2.98. The van der Waals surface area contributed by atoms with E-state index in [2.05, 4.69) is 10.6 Å². The van der Waals surface area contributed by atoms with Crippen LogP contribution in [0, 0.1) is 6.92 Å². The molecule has 0 saturated heterocycles. The smallest absolute Gasteiger partial charge is 0.255 e. The van der Waals surface area contributed by atoms with Crippen molar-refractivity contribution in [3.8, 4) is 0 Å². The minimum Gasteiger partial charge on any atom is -0.349 e. The lowest BCUT2D eigenvalue weighted by atomic mass is 10.1. The molecule has 0 aliphatic heterocycles. The summed E-state index contributed by atoms with van der Waals surface area (Å²) in [4.78, 5) is 24.7. The standard InChI is InChI=1S/C20H22N2O2/c1-14-9-11-18(12-10-14)22-20(24)16-6-4-5-15(13-16)19(23)21-17-7-2-3-8-17/h4-6,9-13,17H,2-3,7-8H2,1H3,(H,21,23)(H,22,24). The first-order chi connectivity index (χ1) is 11.6. The Kier molecular flexibility index (Phi) is 4.94. The maximum absolute atomic E-state index is 12.4. The summed E-state index contributed by atoms with van der Waals surface area (Å²) >= 11 is 0. The van der Waals surface area contributed by atoms with Gasteiger partial charge in [-0.2, -0.15) is 0 Å². The third kappa shape index (κ3) is 4.02. The second-order valence-electron chi connectivity index (χ2n) is 6.36.